The summed E-state index contributed by atoms with van der Waals surface area (Å²) in [6, 6.07) is 25.7. The summed E-state index contributed by atoms with van der Waals surface area (Å²) in [6.07, 6.45) is -5.03. The van der Waals surface area contributed by atoms with E-state index in [1.54, 1.807) is 12.1 Å². The smallest absolute Gasteiger partial charge is 0.423 e. The van der Waals surface area contributed by atoms with Crippen LogP contribution in [0.3, 0.4) is 0 Å². The monoisotopic (exact) mass is 464 g/mol. The van der Waals surface area contributed by atoms with Gasteiger partial charge in [-0.25, -0.2) is 9.18 Å². The molecule has 0 bridgehead atoms. The van der Waals surface area contributed by atoms with Gasteiger partial charge in [-0.3, -0.25) is 0 Å². The summed E-state index contributed by atoms with van der Waals surface area (Å²) in [6.45, 7) is 0. The number of ether oxygens (including phenoxy) is 2. The second kappa shape index (κ2) is 8.33. The van der Waals surface area contributed by atoms with Crippen LogP contribution in [0.4, 0.5) is 17.6 Å². The molecule has 0 aromatic heterocycles. The van der Waals surface area contributed by atoms with Crippen molar-refractivity contribution in [3.05, 3.63) is 119 Å². The third kappa shape index (κ3) is 4.12. The zero-order valence-electron chi connectivity index (χ0n) is 17.5. The largest absolute Gasteiger partial charge is 0.573 e. The van der Waals surface area contributed by atoms with E-state index in [0.29, 0.717) is 6.07 Å². The van der Waals surface area contributed by atoms with E-state index in [2.05, 4.69) is 29.0 Å². The van der Waals surface area contributed by atoms with Crippen molar-refractivity contribution in [2.75, 3.05) is 0 Å². The van der Waals surface area contributed by atoms with Crippen LogP contribution >= 0.6 is 0 Å². The predicted molar refractivity (Wildman–Crippen MR) is 117 cm³/mol. The summed E-state index contributed by atoms with van der Waals surface area (Å²) < 4.78 is 59.5. The standard InChI is InChI=1S/C27H16F4O3/c28-23-15-18(13-14-24(23)34-27(29,30)31)33-26(32)17-11-9-16(10-12-17)25-21-7-3-1-5-19(21)20-6-2-4-8-22(20)25/h1-15,25H. The maximum Gasteiger partial charge on any atom is 0.573 e. The van der Waals surface area contributed by atoms with Gasteiger partial charge in [0, 0.05) is 12.0 Å². The quantitative estimate of drug-likeness (QED) is 0.162. The molecule has 34 heavy (non-hydrogen) atoms. The molecule has 0 heterocycles. The van der Waals surface area contributed by atoms with Gasteiger partial charge in [-0.05, 0) is 52.1 Å². The van der Waals surface area contributed by atoms with E-state index < -0.39 is 23.9 Å². The van der Waals surface area contributed by atoms with E-state index in [1.165, 1.54) is 22.3 Å². The van der Waals surface area contributed by atoms with Gasteiger partial charge in [0.25, 0.3) is 0 Å². The SMILES string of the molecule is O=C(Oc1ccc(OC(F)(F)F)c(F)c1)c1ccc(C2c3ccccc3-c3ccccc32)cc1. The first-order chi connectivity index (χ1) is 16.3. The van der Waals surface area contributed by atoms with Crippen LogP contribution in [-0.4, -0.2) is 12.3 Å². The van der Waals surface area contributed by atoms with Crippen molar-refractivity contribution < 1.29 is 31.8 Å². The summed E-state index contributed by atoms with van der Waals surface area (Å²) in [5.41, 5.74) is 5.91. The number of halogens is 4. The Morgan fingerprint density at radius 2 is 1.35 bits per heavy atom. The highest BCUT2D eigenvalue weighted by Gasteiger charge is 2.32. The molecule has 1 aliphatic rings. The Morgan fingerprint density at radius 1 is 0.765 bits per heavy atom. The van der Waals surface area contributed by atoms with Crippen LogP contribution in [0.25, 0.3) is 11.1 Å². The fourth-order valence-corrected chi connectivity index (χ4v) is 4.24. The molecule has 5 rings (SSSR count). The summed E-state index contributed by atoms with van der Waals surface area (Å²) in [7, 11) is 0. The minimum Gasteiger partial charge on any atom is -0.423 e. The second-order valence-corrected chi connectivity index (χ2v) is 7.76. The molecule has 4 aromatic rings. The fourth-order valence-electron chi connectivity index (χ4n) is 4.24. The Balaban J connectivity index is 1.36. The first-order valence-corrected chi connectivity index (χ1v) is 10.4. The maximum absolute atomic E-state index is 13.9. The molecule has 1 aliphatic carbocycles. The van der Waals surface area contributed by atoms with Gasteiger partial charge in [0.05, 0.1) is 5.56 Å². The van der Waals surface area contributed by atoms with Crippen LogP contribution in [0.1, 0.15) is 33.0 Å². The summed E-state index contributed by atoms with van der Waals surface area (Å²) in [5.74, 6) is -3.28. The minimum atomic E-state index is -5.03. The molecular weight excluding hydrogens is 448 g/mol. The Labute approximate surface area is 192 Å². The number of fused-ring (bicyclic) bond motifs is 3. The van der Waals surface area contributed by atoms with E-state index in [9.17, 15) is 22.4 Å². The lowest BCUT2D eigenvalue weighted by atomic mass is 9.89. The van der Waals surface area contributed by atoms with Gasteiger partial charge in [-0.15, -0.1) is 13.2 Å². The number of hydrogen-bond acceptors (Lipinski definition) is 3. The molecule has 4 aromatic carbocycles. The number of carbonyl (C=O) groups is 1. The van der Waals surface area contributed by atoms with Crippen LogP contribution in [0.15, 0.2) is 91.0 Å². The van der Waals surface area contributed by atoms with Crippen LogP contribution in [-0.2, 0) is 0 Å². The fraction of sp³-hybridized carbons (Fsp3) is 0.0741. The molecule has 0 saturated heterocycles. The minimum absolute atomic E-state index is 0.0211. The van der Waals surface area contributed by atoms with Crippen LogP contribution in [0.5, 0.6) is 11.5 Å². The van der Waals surface area contributed by atoms with E-state index in [-0.39, 0.29) is 17.2 Å². The number of esters is 1. The Kier molecular flexibility index (Phi) is 5.32. The van der Waals surface area contributed by atoms with Crippen LogP contribution in [0, 0.1) is 5.82 Å². The molecule has 0 N–H and O–H groups in total. The zero-order valence-corrected chi connectivity index (χ0v) is 17.5. The Hall–Kier alpha value is -4.13. The molecule has 0 atom stereocenters. The van der Waals surface area contributed by atoms with Crippen LogP contribution < -0.4 is 9.47 Å². The third-order valence-corrected chi connectivity index (χ3v) is 5.65. The molecule has 0 saturated carbocycles. The van der Waals surface area contributed by atoms with Gasteiger partial charge >= 0.3 is 12.3 Å². The summed E-state index contributed by atoms with van der Waals surface area (Å²) in [4.78, 5) is 12.5. The molecule has 7 heteroatoms. The van der Waals surface area contributed by atoms with Gasteiger partial charge in [0.15, 0.2) is 11.6 Å². The number of hydrogen-bond donors (Lipinski definition) is 0. The lowest BCUT2D eigenvalue weighted by molar-refractivity contribution is -0.275. The van der Waals surface area contributed by atoms with Gasteiger partial charge in [-0.2, -0.15) is 0 Å². The van der Waals surface area contributed by atoms with E-state index in [4.69, 9.17) is 4.74 Å². The molecule has 0 spiro atoms. The number of rotatable bonds is 4. The molecule has 0 fully saturated rings. The zero-order chi connectivity index (χ0) is 23.9. The molecule has 3 nitrogen and oxygen atoms in total. The Morgan fingerprint density at radius 3 is 1.91 bits per heavy atom. The third-order valence-electron chi connectivity index (χ3n) is 5.65. The molecular formula is C27H16F4O3. The molecule has 170 valence electrons. The normalized spacial score (nSPS) is 12.7. The first kappa shape index (κ1) is 21.7. The van der Waals surface area contributed by atoms with Crippen molar-refractivity contribution in [2.24, 2.45) is 0 Å². The van der Waals surface area contributed by atoms with Gasteiger partial charge < -0.3 is 9.47 Å². The number of benzene rings is 4. The van der Waals surface area contributed by atoms with Gasteiger partial charge in [-0.1, -0.05) is 60.7 Å². The number of alkyl halides is 3. The maximum atomic E-state index is 13.9. The molecule has 0 amide bonds. The van der Waals surface area contributed by atoms with Crippen LogP contribution in [0.2, 0.25) is 0 Å². The van der Waals surface area contributed by atoms with Crippen molar-refractivity contribution in [3.63, 3.8) is 0 Å². The first-order valence-electron chi connectivity index (χ1n) is 10.4. The molecule has 0 aliphatic heterocycles. The average Bonchev–Trinajstić information content (AvgIpc) is 3.15. The number of carbonyl (C=O) groups excluding carboxylic acids is 1. The van der Waals surface area contributed by atoms with Crippen molar-refractivity contribution >= 4 is 5.97 Å². The van der Waals surface area contributed by atoms with Crippen molar-refractivity contribution in [1.29, 1.82) is 0 Å². The highest BCUT2D eigenvalue weighted by Crippen LogP contribution is 2.47. The predicted octanol–water partition coefficient (Wildman–Crippen LogP) is 7.10. The van der Waals surface area contributed by atoms with E-state index in [0.717, 1.165) is 17.7 Å². The lowest BCUT2D eigenvalue weighted by Gasteiger charge is -2.15. The summed E-state index contributed by atoms with van der Waals surface area (Å²) in [5, 5.41) is 0. The lowest BCUT2D eigenvalue weighted by Crippen LogP contribution is -2.18. The second-order valence-electron chi connectivity index (χ2n) is 7.76. The Bertz CT molecular complexity index is 1330. The van der Waals surface area contributed by atoms with Crippen molar-refractivity contribution in [3.8, 4) is 22.6 Å². The van der Waals surface area contributed by atoms with Gasteiger partial charge in [0.1, 0.15) is 5.75 Å². The van der Waals surface area contributed by atoms with Crippen molar-refractivity contribution in [2.45, 2.75) is 12.3 Å². The molecule has 0 radical (unpaired) electrons. The molecule has 0 unspecified atom stereocenters. The average molecular weight is 464 g/mol. The van der Waals surface area contributed by atoms with Crippen molar-refractivity contribution in [1.82, 2.24) is 0 Å². The van der Waals surface area contributed by atoms with E-state index in [1.807, 2.05) is 36.4 Å². The van der Waals surface area contributed by atoms with Gasteiger partial charge in [0.2, 0.25) is 0 Å². The van der Waals surface area contributed by atoms with E-state index >= 15 is 0 Å². The topological polar surface area (TPSA) is 35.5 Å². The highest BCUT2D eigenvalue weighted by molar-refractivity contribution is 5.91. The highest BCUT2D eigenvalue weighted by atomic mass is 19.4. The summed E-state index contributed by atoms with van der Waals surface area (Å²) >= 11 is 0.